The number of halogens is 4. The largest absolute Gasteiger partial charge is 0.484 e. The van der Waals surface area contributed by atoms with Gasteiger partial charge in [0, 0.05) is 38.7 Å². The number of nitrogens with one attached hydrogen (secondary N) is 1. The lowest BCUT2D eigenvalue weighted by Gasteiger charge is -2.26. The van der Waals surface area contributed by atoms with Crippen LogP contribution in [0.3, 0.4) is 0 Å². The maximum Gasteiger partial charge on any atom is 0.143 e. The van der Waals surface area contributed by atoms with Crippen LogP contribution in [0.2, 0.25) is 5.02 Å². The first-order valence-corrected chi connectivity index (χ1v) is 10.2. The van der Waals surface area contributed by atoms with E-state index in [9.17, 15) is 9.65 Å². The molecule has 0 amide bonds. The third-order valence-corrected chi connectivity index (χ3v) is 5.16. The average Bonchev–Trinajstić information content (AvgIpc) is 2.76. The fourth-order valence-electron chi connectivity index (χ4n) is 3.25. The molecule has 1 saturated heterocycles. The molecule has 1 N–H and O–H groups in total. The molecule has 0 aromatic heterocycles. The number of ether oxygens (including phenoxy) is 2. The highest BCUT2D eigenvalue weighted by molar-refractivity contribution is 6.30. The molecule has 0 saturated carbocycles. The minimum atomic E-state index is -0.628. The summed E-state index contributed by atoms with van der Waals surface area (Å²) in [5.74, 6) is -0.335. The second kappa shape index (κ2) is 14.5. The van der Waals surface area contributed by atoms with Gasteiger partial charge < -0.3 is 14.8 Å². The van der Waals surface area contributed by atoms with Crippen molar-refractivity contribution in [2.24, 2.45) is 0 Å². The zero-order chi connectivity index (χ0) is 20.5. The molecule has 2 aromatic rings. The Kier molecular flexibility index (Phi) is 12.8. The normalized spacial score (nSPS) is 14.6. The van der Waals surface area contributed by atoms with E-state index in [1.807, 2.05) is 36.4 Å². The van der Waals surface area contributed by atoms with Gasteiger partial charge in [0.25, 0.3) is 0 Å². The van der Waals surface area contributed by atoms with Crippen molar-refractivity contribution in [2.45, 2.75) is 12.5 Å². The minimum Gasteiger partial charge on any atom is -0.484 e. The van der Waals surface area contributed by atoms with Crippen molar-refractivity contribution in [3.8, 4) is 11.8 Å². The lowest BCUT2D eigenvalue weighted by atomic mass is 10.1. The van der Waals surface area contributed by atoms with Gasteiger partial charge in [0.05, 0.1) is 23.8 Å². The van der Waals surface area contributed by atoms with E-state index in [1.165, 1.54) is 6.07 Å². The van der Waals surface area contributed by atoms with Crippen LogP contribution in [0.4, 0.5) is 4.39 Å². The Morgan fingerprint density at radius 1 is 1.16 bits per heavy atom. The van der Waals surface area contributed by atoms with Crippen LogP contribution >= 0.6 is 36.4 Å². The highest BCUT2D eigenvalue weighted by Crippen LogP contribution is 2.31. The fraction of sp³-hybridized carbons (Fsp3) is 0.409. The molecule has 2 aromatic carbocycles. The summed E-state index contributed by atoms with van der Waals surface area (Å²) in [7, 11) is 0. The second-order valence-electron chi connectivity index (χ2n) is 6.88. The first kappa shape index (κ1) is 27.4. The first-order valence-electron chi connectivity index (χ1n) is 9.79. The van der Waals surface area contributed by atoms with Gasteiger partial charge in [-0.15, -0.1) is 24.8 Å². The molecular formula is C22H27Cl3FN3O2. The molecule has 0 bridgehead atoms. The number of benzene rings is 2. The third kappa shape index (κ3) is 8.46. The van der Waals surface area contributed by atoms with Gasteiger partial charge >= 0.3 is 0 Å². The number of rotatable bonds is 9. The molecule has 0 radical (unpaired) electrons. The van der Waals surface area contributed by atoms with E-state index >= 15 is 0 Å². The van der Waals surface area contributed by atoms with Crippen LogP contribution in [0.5, 0.6) is 5.75 Å². The van der Waals surface area contributed by atoms with Gasteiger partial charge in [0.15, 0.2) is 0 Å². The van der Waals surface area contributed by atoms with Crippen LogP contribution in [0.25, 0.3) is 0 Å². The maximum absolute atomic E-state index is 13.7. The van der Waals surface area contributed by atoms with Gasteiger partial charge in [-0.1, -0.05) is 41.9 Å². The zero-order valence-corrected chi connectivity index (χ0v) is 19.4. The summed E-state index contributed by atoms with van der Waals surface area (Å²) in [6.07, 6.45) is 0.424. The lowest BCUT2D eigenvalue weighted by Crippen LogP contribution is -2.40. The summed E-state index contributed by atoms with van der Waals surface area (Å²) < 4.78 is 25.2. The average molecular weight is 491 g/mol. The van der Waals surface area contributed by atoms with Crippen molar-refractivity contribution in [3.63, 3.8) is 0 Å². The van der Waals surface area contributed by atoms with Crippen LogP contribution in [0, 0.1) is 17.1 Å². The monoisotopic (exact) mass is 489 g/mol. The predicted molar refractivity (Wildman–Crippen MR) is 125 cm³/mol. The molecule has 5 nitrogen and oxygen atoms in total. The number of hydrogen-bond donors (Lipinski definition) is 1. The standard InChI is InChI=1S/C22H25ClFN3O2.2ClH/c23-19-15-22(18(16-25)14-20(19)24)29-21(17-4-2-1-3-5-17)6-7-26-8-9-27-10-12-28-13-11-27;;/h1-5,14-15,21,26H,6-13H2;2*1H/t21-;;/m1../s1. The predicted octanol–water partition coefficient (Wildman–Crippen LogP) is 4.63. The van der Waals surface area contributed by atoms with Gasteiger partial charge in [0.2, 0.25) is 0 Å². The van der Waals surface area contributed by atoms with Crippen LogP contribution < -0.4 is 10.1 Å². The Morgan fingerprint density at radius 3 is 2.55 bits per heavy atom. The molecule has 1 fully saturated rings. The maximum atomic E-state index is 13.7. The Labute approximate surface area is 200 Å². The molecule has 0 unspecified atom stereocenters. The molecule has 9 heteroatoms. The highest BCUT2D eigenvalue weighted by atomic mass is 35.5. The van der Waals surface area contributed by atoms with Crippen LogP contribution in [-0.2, 0) is 4.74 Å². The molecule has 1 aliphatic heterocycles. The Balaban J connectivity index is 0.00000240. The fourth-order valence-corrected chi connectivity index (χ4v) is 3.40. The van der Waals surface area contributed by atoms with Gasteiger partial charge in [-0.05, 0) is 18.2 Å². The second-order valence-corrected chi connectivity index (χ2v) is 7.29. The van der Waals surface area contributed by atoms with E-state index in [2.05, 4.69) is 10.2 Å². The van der Waals surface area contributed by atoms with E-state index in [-0.39, 0.29) is 41.5 Å². The van der Waals surface area contributed by atoms with Crippen LogP contribution in [0.15, 0.2) is 42.5 Å². The molecular weight excluding hydrogens is 464 g/mol. The lowest BCUT2D eigenvalue weighted by molar-refractivity contribution is 0.0383. The number of hydrogen-bond acceptors (Lipinski definition) is 5. The molecule has 31 heavy (non-hydrogen) atoms. The molecule has 0 aliphatic carbocycles. The van der Waals surface area contributed by atoms with Gasteiger partial charge in [-0.25, -0.2) is 4.39 Å². The summed E-state index contributed by atoms with van der Waals surface area (Å²) in [6, 6.07) is 14.3. The van der Waals surface area contributed by atoms with Crippen molar-refractivity contribution in [1.29, 1.82) is 5.26 Å². The summed E-state index contributed by atoms with van der Waals surface area (Å²) >= 11 is 5.90. The Bertz CT molecular complexity index is 831. The Morgan fingerprint density at radius 2 is 1.87 bits per heavy atom. The van der Waals surface area contributed by atoms with E-state index in [0.29, 0.717) is 12.2 Å². The van der Waals surface area contributed by atoms with Crippen LogP contribution in [-0.4, -0.2) is 50.8 Å². The summed E-state index contributed by atoms with van der Waals surface area (Å²) in [5, 5.41) is 12.7. The van der Waals surface area contributed by atoms with Crippen molar-refractivity contribution in [2.75, 3.05) is 45.9 Å². The number of nitrogens with zero attached hydrogens (tertiary/aromatic N) is 2. The summed E-state index contributed by atoms with van der Waals surface area (Å²) in [6.45, 7) is 6.15. The molecule has 170 valence electrons. The zero-order valence-electron chi connectivity index (χ0n) is 17.1. The molecule has 0 spiro atoms. The smallest absolute Gasteiger partial charge is 0.143 e. The van der Waals surface area contributed by atoms with Gasteiger partial charge in [-0.2, -0.15) is 5.26 Å². The number of nitriles is 1. The van der Waals surface area contributed by atoms with Gasteiger partial charge in [-0.3, -0.25) is 4.90 Å². The van der Waals surface area contributed by atoms with Crippen molar-refractivity contribution in [3.05, 3.63) is 64.4 Å². The molecule has 3 rings (SSSR count). The molecule has 1 aliphatic rings. The van der Waals surface area contributed by atoms with E-state index in [0.717, 1.165) is 57.6 Å². The molecule has 1 atom stereocenters. The highest BCUT2D eigenvalue weighted by Gasteiger charge is 2.17. The number of morpholine rings is 1. The summed E-state index contributed by atoms with van der Waals surface area (Å²) in [5.41, 5.74) is 1.12. The minimum absolute atomic E-state index is 0. The third-order valence-electron chi connectivity index (χ3n) is 4.88. The summed E-state index contributed by atoms with van der Waals surface area (Å²) in [4.78, 5) is 2.38. The quantitative estimate of drug-likeness (QED) is 0.520. The Hall–Kier alpha value is -1.59. The van der Waals surface area contributed by atoms with E-state index in [4.69, 9.17) is 21.1 Å². The SMILES string of the molecule is Cl.Cl.N#Cc1cc(F)c(Cl)cc1O[C@H](CCNCCN1CCOCC1)c1ccccc1. The van der Waals surface area contributed by atoms with Crippen molar-refractivity contribution < 1.29 is 13.9 Å². The van der Waals surface area contributed by atoms with Crippen LogP contribution in [0.1, 0.15) is 23.7 Å². The topological polar surface area (TPSA) is 57.5 Å². The van der Waals surface area contributed by atoms with Crippen molar-refractivity contribution in [1.82, 2.24) is 10.2 Å². The van der Waals surface area contributed by atoms with Crippen molar-refractivity contribution >= 4 is 36.4 Å². The first-order chi connectivity index (χ1) is 14.2. The van der Waals surface area contributed by atoms with E-state index in [1.54, 1.807) is 0 Å². The van der Waals surface area contributed by atoms with Gasteiger partial charge in [0.1, 0.15) is 23.7 Å². The molecule has 1 heterocycles. The van der Waals surface area contributed by atoms with E-state index < -0.39 is 5.82 Å².